The lowest BCUT2D eigenvalue weighted by molar-refractivity contribution is 0.0738. The van der Waals surface area contributed by atoms with Gasteiger partial charge < -0.3 is 15.0 Å². The van der Waals surface area contributed by atoms with Gasteiger partial charge >= 0.3 is 0 Å². The van der Waals surface area contributed by atoms with Crippen LogP contribution in [-0.2, 0) is 5.60 Å². The van der Waals surface area contributed by atoms with Gasteiger partial charge in [0.15, 0.2) is 0 Å². The fourth-order valence-corrected chi connectivity index (χ4v) is 2.64. The first kappa shape index (κ1) is 15.6. The number of fused-ring (bicyclic) bond motifs is 1. The van der Waals surface area contributed by atoms with Gasteiger partial charge in [0.1, 0.15) is 5.60 Å². The molecule has 120 valence electrons. The largest absolute Gasteiger partial charge is 0.385 e. The Kier molecular flexibility index (Phi) is 4.09. The van der Waals surface area contributed by atoms with Crippen molar-refractivity contribution in [3.8, 4) is 5.69 Å². The maximum Gasteiger partial charge on any atom is 0.101 e. The summed E-state index contributed by atoms with van der Waals surface area (Å²) in [5.41, 5.74) is 3.03. The van der Waals surface area contributed by atoms with E-state index in [9.17, 15) is 5.11 Å². The maximum atomic E-state index is 10.0. The summed E-state index contributed by atoms with van der Waals surface area (Å²) in [5, 5.41) is 14.6. The van der Waals surface area contributed by atoms with Crippen molar-refractivity contribution in [2.75, 3.05) is 11.9 Å². The first-order valence-corrected chi connectivity index (χ1v) is 8.03. The van der Waals surface area contributed by atoms with Crippen LogP contribution in [0.25, 0.3) is 16.6 Å². The van der Waals surface area contributed by atoms with Gasteiger partial charge in [0.25, 0.3) is 0 Å². The molecule has 0 bridgehead atoms. The summed E-state index contributed by atoms with van der Waals surface area (Å²) in [5.74, 6) is 0. The van der Waals surface area contributed by atoms with E-state index in [0.717, 1.165) is 29.9 Å². The molecule has 0 spiro atoms. The van der Waals surface area contributed by atoms with Crippen LogP contribution in [0.3, 0.4) is 0 Å². The van der Waals surface area contributed by atoms with Gasteiger partial charge in [0, 0.05) is 23.8 Å². The fraction of sp³-hybridized carbons (Fsp3) is 0.316. The number of aliphatic hydroxyl groups is 1. The predicted molar refractivity (Wildman–Crippen MR) is 95.1 cm³/mol. The number of hydrogen-bond acceptors (Lipinski definition) is 3. The molecular formula is C19H23N3O. The van der Waals surface area contributed by atoms with Crippen LogP contribution >= 0.6 is 0 Å². The van der Waals surface area contributed by atoms with E-state index in [1.165, 1.54) is 5.39 Å². The summed E-state index contributed by atoms with van der Waals surface area (Å²) in [6.45, 7) is 6.62. The van der Waals surface area contributed by atoms with Crippen molar-refractivity contribution in [3.63, 3.8) is 0 Å². The molecule has 0 aliphatic rings. The number of aromatic nitrogens is 2. The van der Waals surface area contributed by atoms with E-state index in [1.807, 2.05) is 12.1 Å². The first-order chi connectivity index (χ1) is 11.0. The van der Waals surface area contributed by atoms with E-state index in [4.69, 9.17) is 0 Å². The number of benzene rings is 1. The van der Waals surface area contributed by atoms with E-state index in [2.05, 4.69) is 52.3 Å². The Morgan fingerprint density at radius 3 is 2.65 bits per heavy atom. The van der Waals surface area contributed by atoms with Gasteiger partial charge in [0.2, 0.25) is 0 Å². The standard InChI is InChI=1S/C19H23N3O/c1-4-10-20-15-5-7-17-14(12-15)9-11-22(17)16-6-8-18(21-13-16)19(2,3)23/h5-9,11-13,20,23H,4,10H2,1-3H3. The Hall–Kier alpha value is -2.33. The molecule has 2 heterocycles. The Morgan fingerprint density at radius 1 is 1.17 bits per heavy atom. The van der Waals surface area contributed by atoms with E-state index >= 15 is 0 Å². The number of nitrogens with one attached hydrogen (secondary N) is 1. The van der Waals surface area contributed by atoms with Gasteiger partial charge in [-0.15, -0.1) is 0 Å². The lowest BCUT2D eigenvalue weighted by atomic mass is 10.1. The second kappa shape index (κ2) is 6.05. The second-order valence-electron chi connectivity index (χ2n) is 6.35. The molecule has 23 heavy (non-hydrogen) atoms. The summed E-state index contributed by atoms with van der Waals surface area (Å²) < 4.78 is 2.11. The molecule has 0 saturated heterocycles. The van der Waals surface area contributed by atoms with Gasteiger partial charge in [0.05, 0.1) is 23.1 Å². The Labute approximate surface area is 136 Å². The average Bonchev–Trinajstić information content (AvgIpc) is 2.95. The zero-order valence-electron chi connectivity index (χ0n) is 13.9. The van der Waals surface area contributed by atoms with Crippen molar-refractivity contribution in [2.24, 2.45) is 0 Å². The number of pyridine rings is 1. The number of hydrogen-bond donors (Lipinski definition) is 2. The summed E-state index contributed by atoms with van der Waals surface area (Å²) in [4.78, 5) is 4.39. The third-order valence-electron chi connectivity index (χ3n) is 3.92. The minimum atomic E-state index is -0.920. The van der Waals surface area contributed by atoms with Crippen LogP contribution in [0, 0.1) is 0 Å². The summed E-state index contributed by atoms with van der Waals surface area (Å²) in [6.07, 6.45) is 4.96. The highest BCUT2D eigenvalue weighted by molar-refractivity contribution is 5.85. The topological polar surface area (TPSA) is 50.1 Å². The molecule has 4 nitrogen and oxygen atoms in total. The van der Waals surface area contributed by atoms with Gasteiger partial charge in [-0.2, -0.15) is 0 Å². The Balaban J connectivity index is 1.94. The van der Waals surface area contributed by atoms with Crippen molar-refractivity contribution >= 4 is 16.6 Å². The molecule has 0 aliphatic carbocycles. The third-order valence-corrected chi connectivity index (χ3v) is 3.92. The Morgan fingerprint density at radius 2 is 2.00 bits per heavy atom. The monoisotopic (exact) mass is 309 g/mol. The molecule has 4 heteroatoms. The van der Waals surface area contributed by atoms with Crippen LogP contribution in [0.4, 0.5) is 5.69 Å². The quantitative estimate of drug-likeness (QED) is 0.747. The van der Waals surface area contributed by atoms with Gasteiger partial charge in [-0.1, -0.05) is 6.92 Å². The second-order valence-corrected chi connectivity index (χ2v) is 6.35. The van der Waals surface area contributed by atoms with Crippen molar-refractivity contribution in [2.45, 2.75) is 32.8 Å². The van der Waals surface area contributed by atoms with Crippen LogP contribution in [-0.4, -0.2) is 21.2 Å². The van der Waals surface area contributed by atoms with Crippen LogP contribution in [0.1, 0.15) is 32.9 Å². The molecule has 0 saturated carbocycles. The third kappa shape index (κ3) is 3.22. The molecule has 1 aromatic carbocycles. The highest BCUT2D eigenvalue weighted by atomic mass is 16.3. The van der Waals surface area contributed by atoms with Crippen LogP contribution < -0.4 is 5.32 Å². The van der Waals surface area contributed by atoms with Gasteiger partial charge in [-0.25, -0.2) is 0 Å². The van der Waals surface area contributed by atoms with E-state index in [-0.39, 0.29) is 0 Å². The van der Waals surface area contributed by atoms with Gasteiger partial charge in [-0.3, -0.25) is 4.98 Å². The number of nitrogens with zero attached hydrogens (tertiary/aromatic N) is 2. The van der Waals surface area contributed by atoms with Crippen LogP contribution in [0.5, 0.6) is 0 Å². The molecule has 0 radical (unpaired) electrons. The summed E-state index contributed by atoms with van der Waals surface area (Å²) in [7, 11) is 0. The fourth-order valence-electron chi connectivity index (χ4n) is 2.64. The van der Waals surface area contributed by atoms with E-state index in [0.29, 0.717) is 5.69 Å². The molecule has 2 N–H and O–H groups in total. The minimum absolute atomic E-state index is 0.670. The molecule has 0 aliphatic heterocycles. The van der Waals surface area contributed by atoms with Crippen molar-refractivity contribution in [3.05, 3.63) is 54.5 Å². The molecule has 0 unspecified atom stereocenters. The summed E-state index contributed by atoms with van der Waals surface area (Å²) >= 11 is 0. The van der Waals surface area contributed by atoms with Crippen LogP contribution in [0.2, 0.25) is 0 Å². The lowest BCUT2D eigenvalue weighted by Crippen LogP contribution is -2.17. The zero-order valence-corrected chi connectivity index (χ0v) is 13.9. The molecule has 0 atom stereocenters. The molecule has 0 amide bonds. The van der Waals surface area contributed by atoms with Crippen LogP contribution in [0.15, 0.2) is 48.8 Å². The van der Waals surface area contributed by atoms with Crippen molar-refractivity contribution < 1.29 is 5.11 Å². The lowest BCUT2D eigenvalue weighted by Gasteiger charge is -2.16. The van der Waals surface area contributed by atoms with E-state index in [1.54, 1.807) is 20.0 Å². The normalized spacial score (nSPS) is 11.8. The minimum Gasteiger partial charge on any atom is -0.385 e. The highest BCUT2D eigenvalue weighted by Gasteiger charge is 2.17. The molecular weight excluding hydrogens is 286 g/mol. The number of anilines is 1. The average molecular weight is 309 g/mol. The zero-order chi connectivity index (χ0) is 16.4. The van der Waals surface area contributed by atoms with Crippen molar-refractivity contribution in [1.82, 2.24) is 9.55 Å². The summed E-state index contributed by atoms with van der Waals surface area (Å²) in [6, 6.07) is 12.4. The van der Waals surface area contributed by atoms with Crippen molar-refractivity contribution in [1.29, 1.82) is 0 Å². The SMILES string of the molecule is CCCNc1ccc2c(ccn2-c2ccc(C(C)(C)O)nc2)c1. The molecule has 2 aromatic heterocycles. The molecule has 3 aromatic rings. The molecule has 0 fully saturated rings. The molecule has 3 rings (SSSR count). The smallest absolute Gasteiger partial charge is 0.101 e. The Bertz CT molecular complexity index is 798. The van der Waals surface area contributed by atoms with E-state index < -0.39 is 5.60 Å². The predicted octanol–water partition coefficient (Wildman–Crippen LogP) is 4.07. The van der Waals surface area contributed by atoms with Gasteiger partial charge in [-0.05, 0) is 56.7 Å². The highest BCUT2D eigenvalue weighted by Crippen LogP contribution is 2.24. The number of rotatable bonds is 5. The first-order valence-electron chi connectivity index (χ1n) is 8.03. The maximum absolute atomic E-state index is 10.0.